The normalized spacial score (nSPS) is 9.35. The van der Waals surface area contributed by atoms with E-state index in [0.717, 1.165) is 0 Å². The van der Waals surface area contributed by atoms with Crippen LogP contribution in [0.5, 0.6) is 0 Å². The van der Waals surface area contributed by atoms with Gasteiger partial charge >= 0.3 is 0 Å². The van der Waals surface area contributed by atoms with Gasteiger partial charge in [0.1, 0.15) is 0 Å². The molecule has 5 heteroatoms. The van der Waals surface area contributed by atoms with E-state index in [9.17, 15) is 4.79 Å². The van der Waals surface area contributed by atoms with Crippen LogP contribution in [0, 0.1) is 11.3 Å². The van der Waals surface area contributed by atoms with Gasteiger partial charge in [0.25, 0.3) is 5.91 Å². The summed E-state index contributed by atoms with van der Waals surface area (Å²) in [5, 5.41) is 18.7. The van der Waals surface area contributed by atoms with Crippen LogP contribution >= 0.6 is 0 Å². The highest BCUT2D eigenvalue weighted by Crippen LogP contribution is 2.10. The Labute approximate surface area is 97.7 Å². The Morgan fingerprint density at radius 3 is 2.88 bits per heavy atom. The van der Waals surface area contributed by atoms with Gasteiger partial charge in [-0.3, -0.25) is 4.79 Å². The summed E-state index contributed by atoms with van der Waals surface area (Å²) in [4.78, 5) is 11.7. The van der Waals surface area contributed by atoms with Crippen LogP contribution in [0.25, 0.3) is 0 Å². The van der Waals surface area contributed by atoms with Crippen molar-refractivity contribution in [2.24, 2.45) is 0 Å². The van der Waals surface area contributed by atoms with Crippen molar-refractivity contribution in [1.82, 2.24) is 10.2 Å². The summed E-state index contributed by atoms with van der Waals surface area (Å²) < 4.78 is 0. The number of rotatable bonds is 2. The highest BCUT2D eigenvalue weighted by Gasteiger charge is 2.07. The molecule has 0 aliphatic rings. The number of nitrogens with one attached hydrogen (secondary N) is 1. The van der Waals surface area contributed by atoms with Gasteiger partial charge in [0.2, 0.25) is 0 Å². The minimum atomic E-state index is -0.354. The highest BCUT2D eigenvalue weighted by atomic mass is 16.1. The molecule has 2 rings (SSSR count). The number of nitrogens with zero attached hydrogens (tertiary/aromatic N) is 3. The molecule has 82 valence electrons. The van der Waals surface area contributed by atoms with Gasteiger partial charge in [-0.15, -0.1) is 5.10 Å². The van der Waals surface area contributed by atoms with Crippen molar-refractivity contribution in [3.05, 3.63) is 53.9 Å². The first-order chi connectivity index (χ1) is 8.29. The van der Waals surface area contributed by atoms with Crippen LogP contribution in [-0.4, -0.2) is 16.1 Å². The molecule has 0 radical (unpaired) electrons. The van der Waals surface area contributed by atoms with Crippen molar-refractivity contribution in [1.29, 1.82) is 5.26 Å². The number of nitriles is 1. The summed E-state index contributed by atoms with van der Waals surface area (Å²) in [6.07, 6.45) is 1.49. The number of hydrogen-bond donors (Lipinski definition) is 1. The second-order valence-electron chi connectivity index (χ2n) is 3.26. The van der Waals surface area contributed by atoms with Crippen LogP contribution in [0.2, 0.25) is 0 Å². The van der Waals surface area contributed by atoms with Crippen LogP contribution in [0.3, 0.4) is 0 Å². The molecule has 0 aliphatic carbocycles. The number of hydrogen-bond acceptors (Lipinski definition) is 4. The molecule has 0 atom stereocenters. The van der Waals surface area contributed by atoms with Gasteiger partial charge in [-0.05, 0) is 30.3 Å². The Hall–Kier alpha value is -2.74. The van der Waals surface area contributed by atoms with Crippen molar-refractivity contribution in [2.75, 3.05) is 5.32 Å². The summed E-state index contributed by atoms with van der Waals surface area (Å²) in [6, 6.07) is 11.9. The van der Waals surface area contributed by atoms with Crippen LogP contribution in [0.1, 0.15) is 16.1 Å². The predicted octanol–water partition coefficient (Wildman–Crippen LogP) is 1.60. The summed E-state index contributed by atoms with van der Waals surface area (Å²) >= 11 is 0. The summed E-state index contributed by atoms with van der Waals surface area (Å²) in [7, 11) is 0. The van der Waals surface area contributed by atoms with Gasteiger partial charge in [-0.2, -0.15) is 10.4 Å². The molecule has 0 fully saturated rings. The zero-order valence-electron chi connectivity index (χ0n) is 8.79. The van der Waals surface area contributed by atoms with E-state index >= 15 is 0 Å². The van der Waals surface area contributed by atoms with E-state index in [1.165, 1.54) is 6.20 Å². The van der Waals surface area contributed by atoms with E-state index in [0.29, 0.717) is 11.3 Å². The highest BCUT2D eigenvalue weighted by molar-refractivity contribution is 6.02. The maximum atomic E-state index is 11.7. The van der Waals surface area contributed by atoms with Crippen LogP contribution in [0.15, 0.2) is 42.6 Å². The van der Waals surface area contributed by atoms with E-state index in [1.807, 2.05) is 6.07 Å². The van der Waals surface area contributed by atoms with Crippen molar-refractivity contribution >= 4 is 11.6 Å². The van der Waals surface area contributed by atoms with Crippen molar-refractivity contribution < 1.29 is 4.79 Å². The Bertz CT molecular complexity index is 575. The minimum Gasteiger partial charge on any atom is -0.321 e. The van der Waals surface area contributed by atoms with Gasteiger partial charge in [-0.1, -0.05) is 6.07 Å². The van der Waals surface area contributed by atoms with E-state index < -0.39 is 0 Å². The molecule has 0 unspecified atom stereocenters. The minimum absolute atomic E-state index is 0.231. The summed E-state index contributed by atoms with van der Waals surface area (Å²) in [6.45, 7) is 0. The van der Waals surface area contributed by atoms with Crippen molar-refractivity contribution in [3.8, 4) is 6.07 Å². The second-order valence-corrected chi connectivity index (χ2v) is 3.26. The lowest BCUT2D eigenvalue weighted by Crippen LogP contribution is -2.13. The first-order valence-corrected chi connectivity index (χ1v) is 4.89. The molecule has 0 spiro atoms. The van der Waals surface area contributed by atoms with Gasteiger partial charge in [-0.25, -0.2) is 0 Å². The predicted molar refractivity (Wildman–Crippen MR) is 61.1 cm³/mol. The second kappa shape index (κ2) is 4.86. The number of aromatic nitrogens is 2. The Morgan fingerprint density at radius 1 is 1.29 bits per heavy atom. The molecular formula is C12H8N4O. The molecule has 17 heavy (non-hydrogen) atoms. The third kappa shape index (κ3) is 2.63. The molecule has 1 amide bonds. The van der Waals surface area contributed by atoms with Crippen molar-refractivity contribution in [3.63, 3.8) is 0 Å². The molecule has 1 aromatic carbocycles. The molecule has 1 N–H and O–H groups in total. The number of carbonyl (C=O) groups excluding carboxylic acids is 1. The molecule has 2 aromatic rings. The van der Waals surface area contributed by atoms with E-state index in [2.05, 4.69) is 15.5 Å². The first-order valence-electron chi connectivity index (χ1n) is 4.89. The standard InChI is InChI=1S/C12H8N4O/c13-8-9-3-1-4-10(7-9)15-12(17)11-5-2-6-14-16-11/h1-7H,(H,15,17). The number of amides is 1. The maximum Gasteiger partial charge on any atom is 0.276 e. The van der Waals surface area contributed by atoms with Gasteiger partial charge in [0.15, 0.2) is 5.69 Å². The fraction of sp³-hybridized carbons (Fsp3) is 0. The molecule has 0 saturated heterocycles. The Kier molecular flexibility index (Phi) is 3.08. The lowest BCUT2D eigenvalue weighted by molar-refractivity contribution is 0.102. The topological polar surface area (TPSA) is 78.7 Å². The van der Waals surface area contributed by atoms with Crippen LogP contribution in [0.4, 0.5) is 5.69 Å². The van der Waals surface area contributed by atoms with Gasteiger partial charge < -0.3 is 5.32 Å². The number of benzene rings is 1. The van der Waals surface area contributed by atoms with E-state index in [-0.39, 0.29) is 11.6 Å². The molecule has 0 bridgehead atoms. The SMILES string of the molecule is N#Cc1cccc(NC(=O)c2cccnn2)c1. The average molecular weight is 224 g/mol. The zero-order valence-corrected chi connectivity index (χ0v) is 8.79. The lowest BCUT2D eigenvalue weighted by Gasteiger charge is -2.03. The number of carbonyl (C=O) groups is 1. The Balaban J connectivity index is 2.17. The fourth-order valence-corrected chi connectivity index (χ4v) is 1.28. The third-order valence-corrected chi connectivity index (χ3v) is 2.05. The van der Waals surface area contributed by atoms with Crippen LogP contribution in [-0.2, 0) is 0 Å². The smallest absolute Gasteiger partial charge is 0.276 e. The summed E-state index contributed by atoms with van der Waals surface area (Å²) in [5.74, 6) is -0.354. The summed E-state index contributed by atoms with van der Waals surface area (Å²) in [5.41, 5.74) is 1.27. The fourth-order valence-electron chi connectivity index (χ4n) is 1.28. The Morgan fingerprint density at radius 2 is 2.18 bits per heavy atom. The molecule has 0 saturated carbocycles. The largest absolute Gasteiger partial charge is 0.321 e. The monoisotopic (exact) mass is 224 g/mol. The molecule has 5 nitrogen and oxygen atoms in total. The van der Waals surface area contributed by atoms with Crippen LogP contribution < -0.4 is 5.32 Å². The van der Waals surface area contributed by atoms with E-state index in [4.69, 9.17) is 5.26 Å². The average Bonchev–Trinajstić information content (AvgIpc) is 2.40. The third-order valence-electron chi connectivity index (χ3n) is 2.05. The molecule has 1 aromatic heterocycles. The molecule has 0 aliphatic heterocycles. The van der Waals surface area contributed by atoms with Crippen molar-refractivity contribution in [2.45, 2.75) is 0 Å². The maximum absolute atomic E-state index is 11.7. The number of anilines is 1. The molecule has 1 heterocycles. The lowest BCUT2D eigenvalue weighted by atomic mass is 10.2. The van der Waals surface area contributed by atoms with E-state index in [1.54, 1.807) is 36.4 Å². The molecular weight excluding hydrogens is 216 g/mol. The first kappa shape index (κ1) is 10.8. The van der Waals surface area contributed by atoms with Gasteiger partial charge in [0, 0.05) is 11.9 Å². The van der Waals surface area contributed by atoms with Gasteiger partial charge in [0.05, 0.1) is 11.6 Å². The zero-order chi connectivity index (χ0) is 12.1. The quantitative estimate of drug-likeness (QED) is 0.840.